The van der Waals surface area contributed by atoms with Crippen LogP contribution in [0.3, 0.4) is 0 Å². The van der Waals surface area contributed by atoms with Gasteiger partial charge in [0.05, 0.1) is 14.2 Å². The van der Waals surface area contributed by atoms with Gasteiger partial charge in [-0.1, -0.05) is 194 Å². The highest BCUT2D eigenvalue weighted by Crippen LogP contribution is 2.16. The van der Waals surface area contributed by atoms with Crippen LogP contribution < -0.4 is 10.6 Å². The van der Waals surface area contributed by atoms with Crippen molar-refractivity contribution in [2.45, 2.75) is 257 Å². The number of carboxylic acids is 2. The van der Waals surface area contributed by atoms with E-state index in [1.807, 2.05) is 0 Å². The van der Waals surface area contributed by atoms with Gasteiger partial charge >= 0.3 is 23.9 Å². The number of nitrogens with one attached hydrogen (secondary N) is 2. The molecule has 0 radical (unpaired) electrons. The second-order valence-electron chi connectivity index (χ2n) is 16.5. The highest BCUT2D eigenvalue weighted by atomic mass is 16.5. The summed E-state index contributed by atoms with van der Waals surface area (Å²) < 4.78 is 9.28. The Bertz CT molecular complexity index is 1070. The fourth-order valence-electron chi connectivity index (χ4n) is 7.13. The van der Waals surface area contributed by atoms with Crippen LogP contribution in [-0.4, -0.2) is 72.2 Å². The zero-order chi connectivity index (χ0) is 44.9. The molecule has 4 N–H and O–H groups in total. The van der Waals surface area contributed by atoms with Crippen molar-refractivity contribution in [2.75, 3.05) is 14.2 Å². The average Bonchev–Trinajstić information content (AvgIpc) is 3.23. The first-order valence-corrected chi connectivity index (χ1v) is 24.2. The van der Waals surface area contributed by atoms with Crippen LogP contribution in [0.2, 0.25) is 0 Å². The Balaban J connectivity index is 0. The third-order valence-corrected chi connectivity index (χ3v) is 11.0. The van der Waals surface area contributed by atoms with Crippen LogP contribution in [0, 0.1) is 0 Å². The van der Waals surface area contributed by atoms with Crippen molar-refractivity contribution in [1.29, 1.82) is 0 Å². The van der Waals surface area contributed by atoms with Crippen LogP contribution in [0.4, 0.5) is 0 Å². The molecule has 0 aliphatic rings. The van der Waals surface area contributed by atoms with Gasteiger partial charge in [0.25, 0.3) is 0 Å². The topological polar surface area (TPSA) is 185 Å². The third-order valence-electron chi connectivity index (χ3n) is 11.0. The minimum absolute atomic E-state index is 0.0650. The van der Waals surface area contributed by atoms with Crippen molar-refractivity contribution in [3.63, 3.8) is 0 Å². The highest BCUT2D eigenvalue weighted by Gasteiger charge is 2.23. The van der Waals surface area contributed by atoms with E-state index in [4.69, 9.17) is 14.9 Å². The van der Waals surface area contributed by atoms with E-state index in [2.05, 4.69) is 29.2 Å². The number of ether oxygens (including phenoxy) is 2. The van der Waals surface area contributed by atoms with Gasteiger partial charge in [0, 0.05) is 25.7 Å². The summed E-state index contributed by atoms with van der Waals surface area (Å²) in [6, 6.07) is -1.91. The minimum atomic E-state index is -1.18. The molecule has 0 aromatic rings. The standard InChI is InChI=1S/C25H47NO5.C23H43NO5/c1-4-5-6-7-8-9-10-11-12-13-14-15-16-17-18-19-23(27)26-22(25(29)31-3)20-21-24(28)30-2;1-2-3-4-5-6-7-8-9-10-11-12-13-14-15-16-17-21(25)24-20(23(28)29)18-19-22(26)27/h22H,4-21H2,1-3H3,(H,26,27);20H,2-19H2,1H3,(H,24,25)(H,26,27)(H,28,29)/t22-;20-/m00/s1. The Labute approximate surface area is 365 Å². The predicted molar refractivity (Wildman–Crippen MR) is 241 cm³/mol. The molecular weight excluding hydrogens is 765 g/mol. The maximum Gasteiger partial charge on any atom is 0.328 e. The van der Waals surface area contributed by atoms with Gasteiger partial charge in [-0.3, -0.25) is 19.2 Å². The molecule has 12 heteroatoms. The summed E-state index contributed by atoms with van der Waals surface area (Å²) in [6.45, 7) is 4.51. The van der Waals surface area contributed by atoms with E-state index in [1.54, 1.807) is 0 Å². The summed E-state index contributed by atoms with van der Waals surface area (Å²) in [5, 5.41) is 22.8. The Morgan fingerprint density at radius 3 is 0.983 bits per heavy atom. The van der Waals surface area contributed by atoms with Crippen molar-refractivity contribution >= 4 is 35.7 Å². The van der Waals surface area contributed by atoms with Crippen LogP contribution in [-0.2, 0) is 38.2 Å². The van der Waals surface area contributed by atoms with E-state index in [1.165, 1.54) is 168 Å². The zero-order valence-electron chi connectivity index (χ0n) is 38.8. The third kappa shape index (κ3) is 42.9. The SMILES string of the molecule is CCCCCCCCCCCCCCCCCC(=O)N[C@@H](CCC(=O)O)C(=O)O.CCCCCCCCCCCCCCCCCC(=O)N[C@@H](CCC(=O)OC)C(=O)OC. The maximum absolute atomic E-state index is 12.1. The number of hydrogen-bond acceptors (Lipinski definition) is 8. The monoisotopic (exact) mass is 855 g/mol. The van der Waals surface area contributed by atoms with Gasteiger partial charge < -0.3 is 30.3 Å². The van der Waals surface area contributed by atoms with Crippen LogP contribution in [0.1, 0.15) is 245 Å². The summed E-state index contributed by atoms with van der Waals surface area (Å²) >= 11 is 0. The van der Waals surface area contributed by atoms with Gasteiger partial charge in [0.2, 0.25) is 11.8 Å². The Kier molecular flexibility index (Phi) is 44.5. The van der Waals surface area contributed by atoms with Gasteiger partial charge in [-0.05, 0) is 25.7 Å². The molecule has 0 spiro atoms. The number of rotatable bonds is 42. The van der Waals surface area contributed by atoms with Crippen LogP contribution in [0.25, 0.3) is 0 Å². The quantitative estimate of drug-likeness (QED) is 0.0340. The highest BCUT2D eigenvalue weighted by molar-refractivity contribution is 5.85. The lowest BCUT2D eigenvalue weighted by atomic mass is 10.0. The molecular formula is C48H90N2O10. The smallest absolute Gasteiger partial charge is 0.328 e. The second-order valence-corrected chi connectivity index (χ2v) is 16.5. The molecule has 2 atom stereocenters. The van der Waals surface area contributed by atoms with E-state index in [0.717, 1.165) is 38.5 Å². The van der Waals surface area contributed by atoms with Gasteiger partial charge in [-0.25, -0.2) is 9.59 Å². The molecule has 0 heterocycles. The van der Waals surface area contributed by atoms with Crippen LogP contribution in [0.15, 0.2) is 0 Å². The summed E-state index contributed by atoms with van der Waals surface area (Å²) in [4.78, 5) is 68.5. The van der Waals surface area contributed by atoms with Gasteiger partial charge in [-0.2, -0.15) is 0 Å². The lowest BCUT2D eigenvalue weighted by Crippen LogP contribution is -2.41. The van der Waals surface area contributed by atoms with Crippen molar-refractivity contribution in [3.05, 3.63) is 0 Å². The molecule has 60 heavy (non-hydrogen) atoms. The number of aliphatic carboxylic acids is 2. The Morgan fingerprint density at radius 1 is 0.400 bits per heavy atom. The summed E-state index contributed by atoms with van der Waals surface area (Å²) in [5.74, 6) is -3.67. The molecule has 12 nitrogen and oxygen atoms in total. The number of carbonyl (C=O) groups excluding carboxylic acids is 4. The molecule has 0 rings (SSSR count). The first-order valence-electron chi connectivity index (χ1n) is 24.2. The summed E-state index contributed by atoms with van der Waals surface area (Å²) in [5.41, 5.74) is 0. The molecule has 2 amide bonds. The number of unbranched alkanes of at least 4 members (excludes halogenated alkanes) is 28. The van der Waals surface area contributed by atoms with Gasteiger partial charge in [0.1, 0.15) is 12.1 Å². The zero-order valence-corrected chi connectivity index (χ0v) is 38.8. The average molecular weight is 855 g/mol. The van der Waals surface area contributed by atoms with Gasteiger partial charge in [-0.15, -0.1) is 0 Å². The lowest BCUT2D eigenvalue weighted by Gasteiger charge is -2.16. The summed E-state index contributed by atoms with van der Waals surface area (Å²) in [6.07, 6.45) is 38.6. The van der Waals surface area contributed by atoms with E-state index < -0.39 is 36.0 Å². The number of carboxylic acid groups (broad SMARTS) is 2. The van der Waals surface area contributed by atoms with Crippen molar-refractivity contribution < 1.29 is 48.5 Å². The number of hydrogen-bond donors (Lipinski definition) is 4. The largest absolute Gasteiger partial charge is 0.481 e. The predicted octanol–water partition coefficient (Wildman–Crippen LogP) is 11.5. The Morgan fingerprint density at radius 2 is 0.700 bits per heavy atom. The van der Waals surface area contributed by atoms with Crippen molar-refractivity contribution in [3.8, 4) is 0 Å². The molecule has 0 aliphatic carbocycles. The first-order chi connectivity index (χ1) is 29.0. The fourth-order valence-corrected chi connectivity index (χ4v) is 7.13. The summed E-state index contributed by atoms with van der Waals surface area (Å²) in [7, 11) is 2.57. The van der Waals surface area contributed by atoms with Crippen LogP contribution >= 0.6 is 0 Å². The van der Waals surface area contributed by atoms with E-state index in [0.29, 0.717) is 12.8 Å². The number of carbonyl (C=O) groups is 6. The number of amides is 2. The van der Waals surface area contributed by atoms with Crippen molar-refractivity contribution in [2.24, 2.45) is 0 Å². The minimum Gasteiger partial charge on any atom is -0.481 e. The first kappa shape index (κ1) is 58.9. The van der Waals surface area contributed by atoms with Crippen LogP contribution in [0.5, 0.6) is 0 Å². The molecule has 0 fully saturated rings. The molecule has 0 bridgehead atoms. The molecule has 0 aliphatic heterocycles. The fraction of sp³-hybridized carbons (Fsp3) is 0.875. The second kappa shape index (κ2) is 45.3. The van der Waals surface area contributed by atoms with E-state index >= 15 is 0 Å². The molecule has 0 aromatic carbocycles. The lowest BCUT2D eigenvalue weighted by molar-refractivity contribution is -0.146. The molecule has 0 unspecified atom stereocenters. The van der Waals surface area contributed by atoms with Crippen molar-refractivity contribution in [1.82, 2.24) is 10.6 Å². The molecule has 352 valence electrons. The Hall–Kier alpha value is -3.18. The van der Waals surface area contributed by atoms with E-state index in [9.17, 15) is 28.8 Å². The number of esters is 2. The van der Waals surface area contributed by atoms with Gasteiger partial charge in [0.15, 0.2) is 0 Å². The molecule has 0 aromatic heterocycles. The number of methoxy groups -OCH3 is 2. The normalized spacial score (nSPS) is 11.8. The maximum atomic E-state index is 12.1. The molecule has 0 saturated heterocycles. The van der Waals surface area contributed by atoms with E-state index in [-0.39, 0.29) is 37.5 Å². The molecule has 0 saturated carbocycles.